The Balaban J connectivity index is 1.73. The molecule has 2 aliphatic rings. The van der Waals surface area contributed by atoms with Crippen LogP contribution >= 0.6 is 0 Å². The Bertz CT molecular complexity index is 892. The van der Waals surface area contributed by atoms with E-state index in [4.69, 9.17) is 4.74 Å². The molecule has 4 rings (SSSR count). The molecule has 1 aliphatic carbocycles. The van der Waals surface area contributed by atoms with E-state index in [9.17, 15) is 13.6 Å². The van der Waals surface area contributed by atoms with Crippen LogP contribution in [0.4, 0.5) is 8.78 Å². The summed E-state index contributed by atoms with van der Waals surface area (Å²) < 4.78 is 34.5. The van der Waals surface area contributed by atoms with Crippen molar-refractivity contribution in [1.29, 1.82) is 0 Å². The van der Waals surface area contributed by atoms with Crippen LogP contribution in [0.3, 0.4) is 0 Å². The van der Waals surface area contributed by atoms with Gasteiger partial charge in [-0.1, -0.05) is 17.7 Å². The molecule has 1 saturated heterocycles. The summed E-state index contributed by atoms with van der Waals surface area (Å²) >= 11 is 0. The number of fused-ring (bicyclic) bond motifs is 1. The predicted octanol–water partition coefficient (Wildman–Crippen LogP) is 3.09. The molecule has 2 heterocycles. The first-order valence-corrected chi connectivity index (χ1v) is 9.29. The monoisotopic (exact) mass is 375 g/mol. The Hall–Kier alpha value is -2.28. The highest BCUT2D eigenvalue weighted by atomic mass is 19.3. The first-order chi connectivity index (χ1) is 12.9. The molecular weight excluding hydrogens is 352 g/mol. The maximum absolute atomic E-state index is 13.9. The van der Waals surface area contributed by atoms with Gasteiger partial charge in [-0.15, -0.1) is 0 Å². The number of ether oxygens (including phenoxy) is 1. The van der Waals surface area contributed by atoms with Crippen LogP contribution in [0.1, 0.15) is 39.3 Å². The SMILES string of the molecule is Cc1ccc(-n2nc(C(=O)N3CCOCC(F)(F)C3)c3c2CCC3)c(C)c1. The van der Waals surface area contributed by atoms with Gasteiger partial charge < -0.3 is 9.64 Å². The van der Waals surface area contributed by atoms with Crippen molar-refractivity contribution in [3.05, 3.63) is 46.3 Å². The third-order valence-corrected chi connectivity index (χ3v) is 5.24. The van der Waals surface area contributed by atoms with Crippen LogP contribution in [-0.2, 0) is 17.6 Å². The van der Waals surface area contributed by atoms with Gasteiger partial charge in [0.1, 0.15) is 6.61 Å². The number of alkyl halides is 2. The molecule has 0 radical (unpaired) electrons. The Labute approximate surface area is 156 Å². The zero-order chi connectivity index (χ0) is 19.2. The summed E-state index contributed by atoms with van der Waals surface area (Å²) in [6.07, 6.45) is 2.53. The second-order valence-corrected chi connectivity index (χ2v) is 7.46. The lowest BCUT2D eigenvalue weighted by Gasteiger charge is -2.22. The van der Waals surface area contributed by atoms with Crippen LogP contribution in [0, 0.1) is 13.8 Å². The number of amides is 1. The highest BCUT2D eigenvalue weighted by Gasteiger charge is 2.38. The van der Waals surface area contributed by atoms with Crippen molar-refractivity contribution in [2.24, 2.45) is 0 Å². The minimum absolute atomic E-state index is 0.112. The zero-order valence-electron chi connectivity index (χ0n) is 15.6. The van der Waals surface area contributed by atoms with Crippen molar-refractivity contribution in [2.75, 3.05) is 26.3 Å². The Morgan fingerprint density at radius 2 is 2.07 bits per heavy atom. The number of aryl methyl sites for hydroxylation is 2. The lowest BCUT2D eigenvalue weighted by molar-refractivity contribution is -0.0661. The fourth-order valence-electron chi connectivity index (χ4n) is 3.97. The zero-order valence-corrected chi connectivity index (χ0v) is 15.6. The Kier molecular flexibility index (Phi) is 4.50. The molecule has 0 N–H and O–H groups in total. The first-order valence-electron chi connectivity index (χ1n) is 9.29. The predicted molar refractivity (Wildman–Crippen MR) is 96.7 cm³/mol. The van der Waals surface area contributed by atoms with Gasteiger partial charge in [-0.3, -0.25) is 4.79 Å². The molecule has 2 aromatic rings. The summed E-state index contributed by atoms with van der Waals surface area (Å²) in [4.78, 5) is 14.2. The average molecular weight is 375 g/mol. The molecule has 0 bridgehead atoms. The third-order valence-electron chi connectivity index (χ3n) is 5.24. The van der Waals surface area contributed by atoms with Gasteiger partial charge in [-0.05, 0) is 44.7 Å². The van der Waals surface area contributed by atoms with E-state index in [0.29, 0.717) is 5.69 Å². The fraction of sp³-hybridized carbons (Fsp3) is 0.500. The number of hydrogen-bond acceptors (Lipinski definition) is 3. The maximum atomic E-state index is 13.9. The third kappa shape index (κ3) is 3.36. The lowest BCUT2D eigenvalue weighted by Crippen LogP contribution is -2.41. The van der Waals surface area contributed by atoms with Gasteiger partial charge in [0.25, 0.3) is 11.8 Å². The Morgan fingerprint density at radius 1 is 1.26 bits per heavy atom. The molecule has 1 amide bonds. The van der Waals surface area contributed by atoms with Crippen LogP contribution in [-0.4, -0.2) is 52.8 Å². The molecule has 144 valence electrons. The molecule has 0 spiro atoms. The molecule has 7 heteroatoms. The molecule has 0 saturated carbocycles. The first kappa shape index (κ1) is 18.1. The van der Waals surface area contributed by atoms with Gasteiger partial charge in [-0.25, -0.2) is 13.5 Å². The summed E-state index contributed by atoms with van der Waals surface area (Å²) in [5.41, 5.74) is 5.38. The van der Waals surface area contributed by atoms with E-state index < -0.39 is 25.0 Å². The number of benzene rings is 1. The molecule has 1 aromatic heterocycles. The van der Waals surface area contributed by atoms with Crippen LogP contribution in [0.2, 0.25) is 0 Å². The van der Waals surface area contributed by atoms with Crippen LogP contribution < -0.4 is 0 Å². The van der Waals surface area contributed by atoms with Gasteiger partial charge in [0.05, 0.1) is 18.8 Å². The molecule has 0 atom stereocenters. The van der Waals surface area contributed by atoms with E-state index in [1.165, 1.54) is 4.90 Å². The number of rotatable bonds is 2. The normalized spacial score (nSPS) is 19.0. The standard InChI is InChI=1S/C20H23F2N3O2/c1-13-6-7-16(14(2)10-13)25-17-5-3-4-15(17)18(23-25)19(26)24-8-9-27-12-20(21,22)11-24/h6-7,10H,3-5,8-9,11-12H2,1-2H3. The van der Waals surface area contributed by atoms with Gasteiger partial charge in [-0.2, -0.15) is 5.10 Å². The highest BCUT2D eigenvalue weighted by Crippen LogP contribution is 2.30. The van der Waals surface area contributed by atoms with E-state index in [1.807, 2.05) is 30.7 Å². The van der Waals surface area contributed by atoms with E-state index in [1.54, 1.807) is 0 Å². The summed E-state index contributed by atoms with van der Waals surface area (Å²) in [6.45, 7) is 3.03. The molecule has 5 nitrogen and oxygen atoms in total. The second-order valence-electron chi connectivity index (χ2n) is 7.46. The van der Waals surface area contributed by atoms with Crippen molar-refractivity contribution in [1.82, 2.24) is 14.7 Å². The maximum Gasteiger partial charge on any atom is 0.288 e. The van der Waals surface area contributed by atoms with Crippen molar-refractivity contribution < 1.29 is 18.3 Å². The summed E-state index contributed by atoms with van der Waals surface area (Å²) in [6, 6.07) is 6.09. The summed E-state index contributed by atoms with van der Waals surface area (Å²) in [5.74, 6) is -3.47. The number of nitrogens with zero attached hydrogens (tertiary/aromatic N) is 3. The molecule has 1 aliphatic heterocycles. The second kappa shape index (κ2) is 6.71. The molecular formula is C20H23F2N3O2. The summed E-state index contributed by atoms with van der Waals surface area (Å²) in [7, 11) is 0. The molecule has 1 fully saturated rings. The number of carbonyl (C=O) groups excluding carboxylic acids is 1. The number of aromatic nitrogens is 2. The van der Waals surface area contributed by atoms with Gasteiger partial charge in [0.2, 0.25) is 0 Å². The fourth-order valence-corrected chi connectivity index (χ4v) is 3.97. The minimum atomic E-state index is -3.04. The number of halogens is 2. The van der Waals surface area contributed by atoms with Crippen molar-refractivity contribution in [2.45, 2.75) is 39.0 Å². The number of carbonyl (C=O) groups is 1. The molecule has 0 unspecified atom stereocenters. The highest BCUT2D eigenvalue weighted by molar-refractivity contribution is 5.94. The van der Waals surface area contributed by atoms with Crippen LogP contribution in [0.5, 0.6) is 0 Å². The van der Waals surface area contributed by atoms with E-state index in [2.05, 4.69) is 11.2 Å². The van der Waals surface area contributed by atoms with E-state index >= 15 is 0 Å². The van der Waals surface area contributed by atoms with E-state index in [0.717, 1.165) is 47.3 Å². The van der Waals surface area contributed by atoms with Crippen molar-refractivity contribution in [3.8, 4) is 5.69 Å². The van der Waals surface area contributed by atoms with Crippen molar-refractivity contribution >= 4 is 5.91 Å². The van der Waals surface area contributed by atoms with Crippen LogP contribution in [0.25, 0.3) is 5.69 Å². The summed E-state index contributed by atoms with van der Waals surface area (Å²) in [5, 5.41) is 4.59. The average Bonchev–Trinajstić information content (AvgIpc) is 3.15. The van der Waals surface area contributed by atoms with Crippen LogP contribution in [0.15, 0.2) is 18.2 Å². The largest absolute Gasteiger partial charge is 0.373 e. The molecule has 1 aromatic carbocycles. The minimum Gasteiger partial charge on any atom is -0.373 e. The quantitative estimate of drug-likeness (QED) is 0.811. The van der Waals surface area contributed by atoms with Gasteiger partial charge in [0.15, 0.2) is 5.69 Å². The number of hydrogen-bond donors (Lipinski definition) is 0. The topological polar surface area (TPSA) is 47.4 Å². The smallest absolute Gasteiger partial charge is 0.288 e. The van der Waals surface area contributed by atoms with Gasteiger partial charge in [0, 0.05) is 17.8 Å². The molecule has 27 heavy (non-hydrogen) atoms. The lowest BCUT2D eigenvalue weighted by atomic mass is 10.1. The Morgan fingerprint density at radius 3 is 2.85 bits per heavy atom. The van der Waals surface area contributed by atoms with Crippen molar-refractivity contribution in [3.63, 3.8) is 0 Å². The van der Waals surface area contributed by atoms with E-state index in [-0.39, 0.29) is 13.2 Å². The van der Waals surface area contributed by atoms with Gasteiger partial charge >= 0.3 is 0 Å².